The summed E-state index contributed by atoms with van der Waals surface area (Å²) < 4.78 is 19.3. The van der Waals surface area contributed by atoms with Crippen LogP contribution in [0.2, 0.25) is 0 Å². The van der Waals surface area contributed by atoms with Gasteiger partial charge in [-0.1, -0.05) is 0 Å². The molecule has 1 atom stereocenters. The zero-order chi connectivity index (χ0) is 12.6. The highest BCUT2D eigenvalue weighted by atomic mass is 79.9. The van der Waals surface area contributed by atoms with Crippen molar-refractivity contribution in [3.05, 3.63) is 57.2 Å². The molecule has 1 unspecified atom stereocenters. The lowest BCUT2D eigenvalue weighted by Gasteiger charge is -2.14. The molecule has 2 rings (SSSR count). The van der Waals surface area contributed by atoms with Crippen molar-refractivity contribution < 1.29 is 8.81 Å². The minimum atomic E-state index is -0.401. The molecule has 0 spiro atoms. The van der Waals surface area contributed by atoms with Crippen molar-refractivity contribution in [3.8, 4) is 0 Å². The molecule has 17 heavy (non-hydrogen) atoms. The normalized spacial score (nSPS) is 12.8. The van der Waals surface area contributed by atoms with E-state index < -0.39 is 5.38 Å². The van der Waals surface area contributed by atoms with E-state index >= 15 is 0 Å². The molecule has 1 aromatic heterocycles. The molecule has 0 bridgehead atoms. The predicted octanol–water partition coefficient (Wildman–Crippen LogP) is 5.13. The highest BCUT2D eigenvalue weighted by Crippen LogP contribution is 2.35. The smallest absolute Gasteiger partial charge is 0.169 e. The van der Waals surface area contributed by atoms with Crippen LogP contribution in [0.4, 0.5) is 4.39 Å². The van der Waals surface area contributed by atoms with Gasteiger partial charge in [0.05, 0.1) is 0 Å². The summed E-state index contributed by atoms with van der Waals surface area (Å²) in [5.74, 6) is 0.407. The Hall–Kier alpha value is -0.800. The minimum absolute atomic E-state index is 0.242. The number of hydrogen-bond donors (Lipinski definition) is 0. The van der Waals surface area contributed by atoms with Gasteiger partial charge in [0, 0.05) is 0 Å². The van der Waals surface area contributed by atoms with Crippen LogP contribution in [0.3, 0.4) is 0 Å². The van der Waals surface area contributed by atoms with Crippen LogP contribution in [0.5, 0.6) is 0 Å². The van der Waals surface area contributed by atoms with Crippen molar-refractivity contribution in [2.75, 3.05) is 0 Å². The number of halogens is 3. The number of benzene rings is 1. The van der Waals surface area contributed by atoms with Crippen LogP contribution in [0.1, 0.15) is 27.8 Å². The fourth-order valence-corrected chi connectivity index (χ4v) is 2.71. The highest BCUT2D eigenvalue weighted by Gasteiger charge is 2.19. The van der Waals surface area contributed by atoms with Gasteiger partial charge in [-0.3, -0.25) is 0 Å². The molecule has 0 aliphatic carbocycles. The number of alkyl halides is 1. The summed E-state index contributed by atoms with van der Waals surface area (Å²) in [5, 5.41) is -0.401. The summed E-state index contributed by atoms with van der Waals surface area (Å²) in [7, 11) is 0. The van der Waals surface area contributed by atoms with Crippen molar-refractivity contribution in [1.82, 2.24) is 0 Å². The van der Waals surface area contributed by atoms with E-state index in [1.54, 1.807) is 6.07 Å². The molecular formula is C13H11BrClFO. The molecule has 0 fully saturated rings. The first-order chi connectivity index (χ1) is 7.99. The quantitative estimate of drug-likeness (QED) is 0.700. The van der Waals surface area contributed by atoms with Gasteiger partial charge in [0.15, 0.2) is 4.67 Å². The van der Waals surface area contributed by atoms with Crippen molar-refractivity contribution in [2.24, 2.45) is 0 Å². The fourth-order valence-electron chi connectivity index (χ4n) is 1.93. The molecule has 0 radical (unpaired) electrons. The van der Waals surface area contributed by atoms with Gasteiger partial charge >= 0.3 is 0 Å². The van der Waals surface area contributed by atoms with Gasteiger partial charge in [-0.2, -0.15) is 0 Å². The van der Waals surface area contributed by atoms with Crippen LogP contribution >= 0.6 is 27.5 Å². The van der Waals surface area contributed by atoms with E-state index in [2.05, 4.69) is 15.9 Å². The molecule has 90 valence electrons. The second-order valence-corrected chi connectivity index (χ2v) is 5.18. The minimum Gasteiger partial charge on any atom is -0.452 e. The van der Waals surface area contributed by atoms with Crippen molar-refractivity contribution in [2.45, 2.75) is 19.2 Å². The maximum atomic E-state index is 13.2. The Kier molecular flexibility index (Phi) is 3.59. The zero-order valence-corrected chi connectivity index (χ0v) is 11.8. The first-order valence-electron chi connectivity index (χ1n) is 5.15. The Morgan fingerprint density at radius 3 is 2.29 bits per heavy atom. The Bertz CT molecular complexity index is 527. The van der Waals surface area contributed by atoms with E-state index in [0.29, 0.717) is 10.4 Å². The van der Waals surface area contributed by atoms with E-state index in [4.69, 9.17) is 16.0 Å². The van der Waals surface area contributed by atoms with E-state index in [1.165, 1.54) is 12.1 Å². The molecule has 0 N–H and O–H groups in total. The summed E-state index contributed by atoms with van der Waals surface area (Å²) in [6.45, 7) is 3.69. The first-order valence-corrected chi connectivity index (χ1v) is 6.38. The lowest BCUT2D eigenvalue weighted by atomic mass is 9.98. The fraction of sp³-hybridized carbons (Fsp3) is 0.231. The Morgan fingerprint density at radius 2 is 1.82 bits per heavy atom. The zero-order valence-electron chi connectivity index (χ0n) is 9.43. The number of furan rings is 1. The van der Waals surface area contributed by atoms with Gasteiger partial charge in [-0.15, -0.1) is 11.6 Å². The topological polar surface area (TPSA) is 13.1 Å². The molecule has 0 saturated heterocycles. The Balaban J connectivity index is 2.47. The predicted molar refractivity (Wildman–Crippen MR) is 70.0 cm³/mol. The van der Waals surface area contributed by atoms with Crippen molar-refractivity contribution >= 4 is 27.5 Å². The molecule has 2 aromatic rings. The van der Waals surface area contributed by atoms with Gasteiger partial charge < -0.3 is 4.42 Å². The molecular weight excluding hydrogens is 306 g/mol. The van der Waals surface area contributed by atoms with Gasteiger partial charge in [0.25, 0.3) is 0 Å². The third kappa shape index (κ3) is 2.55. The standard InChI is InChI=1S/C13H11BrClFO/c1-7-5-9(16)6-8(2)12(7)13(15)10-3-4-11(14)17-10/h3-6,13H,1-2H3. The Morgan fingerprint density at radius 1 is 1.24 bits per heavy atom. The second-order valence-electron chi connectivity index (χ2n) is 3.96. The van der Waals surface area contributed by atoms with Gasteiger partial charge in [-0.05, 0) is 70.7 Å². The summed E-state index contributed by atoms with van der Waals surface area (Å²) in [6.07, 6.45) is 0. The summed E-state index contributed by atoms with van der Waals surface area (Å²) in [6, 6.07) is 6.56. The number of aryl methyl sites for hydroxylation is 2. The van der Waals surface area contributed by atoms with Crippen molar-refractivity contribution in [3.63, 3.8) is 0 Å². The van der Waals surface area contributed by atoms with E-state index in [1.807, 2.05) is 19.9 Å². The van der Waals surface area contributed by atoms with E-state index in [-0.39, 0.29) is 5.82 Å². The van der Waals surface area contributed by atoms with Crippen LogP contribution in [-0.2, 0) is 0 Å². The summed E-state index contributed by atoms with van der Waals surface area (Å²) in [5.41, 5.74) is 2.56. The lowest BCUT2D eigenvalue weighted by Crippen LogP contribution is -1.99. The van der Waals surface area contributed by atoms with Crippen LogP contribution in [-0.4, -0.2) is 0 Å². The summed E-state index contributed by atoms with van der Waals surface area (Å²) in [4.78, 5) is 0. The third-order valence-electron chi connectivity index (χ3n) is 2.66. The van der Waals surface area contributed by atoms with Crippen LogP contribution in [0, 0.1) is 19.7 Å². The maximum Gasteiger partial charge on any atom is 0.169 e. The monoisotopic (exact) mass is 316 g/mol. The molecule has 0 aliphatic rings. The van der Waals surface area contributed by atoms with Crippen LogP contribution < -0.4 is 0 Å². The lowest BCUT2D eigenvalue weighted by molar-refractivity contribution is 0.493. The second kappa shape index (κ2) is 4.83. The van der Waals surface area contributed by atoms with Gasteiger partial charge in [0.1, 0.15) is 17.0 Å². The van der Waals surface area contributed by atoms with Crippen LogP contribution in [0.25, 0.3) is 0 Å². The average molecular weight is 318 g/mol. The van der Waals surface area contributed by atoms with Gasteiger partial charge in [-0.25, -0.2) is 4.39 Å². The molecule has 0 aliphatic heterocycles. The molecule has 1 aromatic carbocycles. The molecule has 0 amide bonds. The first kappa shape index (κ1) is 12.7. The average Bonchev–Trinajstić information content (AvgIpc) is 2.63. The van der Waals surface area contributed by atoms with E-state index in [0.717, 1.165) is 16.7 Å². The summed E-state index contributed by atoms with van der Waals surface area (Å²) >= 11 is 9.61. The number of hydrogen-bond acceptors (Lipinski definition) is 1. The van der Waals surface area contributed by atoms with Crippen LogP contribution in [0.15, 0.2) is 33.4 Å². The molecule has 1 heterocycles. The molecule has 1 nitrogen and oxygen atoms in total. The van der Waals surface area contributed by atoms with Gasteiger partial charge in [0.2, 0.25) is 0 Å². The van der Waals surface area contributed by atoms with E-state index in [9.17, 15) is 4.39 Å². The highest BCUT2D eigenvalue weighted by molar-refractivity contribution is 9.10. The SMILES string of the molecule is Cc1cc(F)cc(C)c1C(Cl)c1ccc(Br)o1. The molecule has 0 saturated carbocycles. The largest absolute Gasteiger partial charge is 0.452 e. The number of rotatable bonds is 2. The third-order valence-corrected chi connectivity index (χ3v) is 3.52. The van der Waals surface area contributed by atoms with Crippen molar-refractivity contribution in [1.29, 1.82) is 0 Å². The Labute approximate surface area is 113 Å². The molecule has 4 heteroatoms. The maximum absolute atomic E-state index is 13.2.